The molecule has 0 bridgehead atoms. The first-order chi connectivity index (χ1) is 14.4. The minimum atomic E-state index is 0.534. The number of nitrogens with zero attached hydrogens (tertiary/aromatic N) is 4. The highest BCUT2D eigenvalue weighted by Crippen LogP contribution is 2.21. The molecule has 146 valence electrons. The van der Waals surface area contributed by atoms with E-state index in [1.165, 1.54) is 0 Å². The highest BCUT2D eigenvalue weighted by atomic mass is 32.2. The van der Waals surface area contributed by atoms with Crippen molar-refractivity contribution in [3.63, 3.8) is 0 Å². The number of hydrogen-bond acceptors (Lipinski definition) is 7. The van der Waals surface area contributed by atoms with E-state index in [0.29, 0.717) is 24.1 Å². The van der Waals surface area contributed by atoms with Crippen molar-refractivity contribution in [2.45, 2.75) is 12.2 Å². The van der Waals surface area contributed by atoms with E-state index in [9.17, 15) is 0 Å². The number of para-hydroxylation sites is 1. The van der Waals surface area contributed by atoms with Crippen molar-refractivity contribution >= 4 is 11.8 Å². The molecule has 0 saturated carbocycles. The molecule has 4 aromatic rings. The number of ether oxygens (including phenoxy) is 1. The summed E-state index contributed by atoms with van der Waals surface area (Å²) in [5.41, 5.74) is 3.00. The molecule has 0 atom stereocenters. The molecule has 2 aromatic carbocycles. The minimum Gasteiger partial charge on any atom is -0.493 e. The van der Waals surface area contributed by atoms with E-state index in [4.69, 9.17) is 9.15 Å². The van der Waals surface area contributed by atoms with Crippen LogP contribution in [0.15, 0.2) is 77.6 Å². The maximum atomic E-state index is 5.79. The zero-order valence-corrected chi connectivity index (χ0v) is 16.6. The second-order valence-electron chi connectivity index (χ2n) is 6.29. The molecule has 4 rings (SSSR count). The van der Waals surface area contributed by atoms with Crippen molar-refractivity contribution in [2.24, 2.45) is 0 Å². The van der Waals surface area contributed by atoms with Crippen LogP contribution in [0.25, 0.3) is 11.5 Å². The first kappa shape index (κ1) is 19.1. The largest absolute Gasteiger partial charge is 0.493 e. The second kappa shape index (κ2) is 9.84. The second-order valence-corrected chi connectivity index (χ2v) is 7.39. The summed E-state index contributed by atoms with van der Waals surface area (Å²) in [6, 6.07) is 17.9. The summed E-state index contributed by atoms with van der Waals surface area (Å²) in [6.07, 6.45) is 5.90. The van der Waals surface area contributed by atoms with Gasteiger partial charge in [0.05, 0.1) is 18.1 Å². The zero-order chi connectivity index (χ0) is 19.7. The van der Waals surface area contributed by atoms with Gasteiger partial charge in [-0.25, -0.2) is 0 Å². The Kier molecular flexibility index (Phi) is 6.49. The Morgan fingerprint density at radius 3 is 2.59 bits per heavy atom. The molecule has 0 N–H and O–H groups in total. The average molecular weight is 404 g/mol. The Bertz CT molecular complexity index is 1010. The van der Waals surface area contributed by atoms with Crippen LogP contribution in [0.3, 0.4) is 0 Å². The molecule has 0 aliphatic rings. The van der Waals surface area contributed by atoms with Gasteiger partial charge >= 0.3 is 0 Å². The fourth-order valence-electron chi connectivity index (χ4n) is 2.72. The van der Waals surface area contributed by atoms with Crippen molar-refractivity contribution in [1.29, 1.82) is 0 Å². The standard InChI is InChI=1S/C22H20N4O2S/c1-2-4-20(5-3-1)27-12-13-29-16-21-25-26-22(28-21)18-8-6-17(7-9-18)14-19-15-23-10-11-24-19/h1-11,15H,12-14,16H2. The quantitative estimate of drug-likeness (QED) is 0.382. The molecule has 0 aliphatic carbocycles. The number of aromatic nitrogens is 4. The van der Waals surface area contributed by atoms with Gasteiger partial charge in [-0.15, -0.1) is 22.0 Å². The van der Waals surface area contributed by atoms with Gasteiger partial charge in [0.1, 0.15) is 5.75 Å². The molecular formula is C22H20N4O2S. The van der Waals surface area contributed by atoms with Gasteiger partial charge in [-0.05, 0) is 29.8 Å². The summed E-state index contributed by atoms with van der Waals surface area (Å²) < 4.78 is 11.5. The molecular weight excluding hydrogens is 384 g/mol. The lowest BCUT2D eigenvalue weighted by Gasteiger charge is -2.04. The van der Waals surface area contributed by atoms with Crippen LogP contribution in [-0.4, -0.2) is 32.5 Å². The molecule has 2 heterocycles. The highest BCUT2D eigenvalue weighted by molar-refractivity contribution is 7.98. The minimum absolute atomic E-state index is 0.534. The van der Waals surface area contributed by atoms with Crippen LogP contribution in [0.5, 0.6) is 5.75 Å². The maximum absolute atomic E-state index is 5.79. The van der Waals surface area contributed by atoms with Gasteiger partial charge < -0.3 is 9.15 Å². The predicted octanol–water partition coefficient (Wildman–Crippen LogP) is 4.43. The molecule has 0 unspecified atom stereocenters. The van der Waals surface area contributed by atoms with Gasteiger partial charge in [-0.1, -0.05) is 30.3 Å². The summed E-state index contributed by atoms with van der Waals surface area (Å²) in [6.45, 7) is 0.642. The van der Waals surface area contributed by atoms with Crippen LogP contribution in [0.2, 0.25) is 0 Å². The molecule has 29 heavy (non-hydrogen) atoms. The van der Waals surface area contributed by atoms with Crippen molar-refractivity contribution in [2.75, 3.05) is 12.4 Å². The van der Waals surface area contributed by atoms with Gasteiger partial charge in [0, 0.05) is 36.3 Å². The molecule has 2 aromatic heterocycles. The number of hydrogen-bond donors (Lipinski definition) is 0. The lowest BCUT2D eigenvalue weighted by Crippen LogP contribution is -2.00. The van der Waals surface area contributed by atoms with E-state index in [0.717, 1.165) is 34.7 Å². The van der Waals surface area contributed by atoms with Crippen LogP contribution in [0.1, 0.15) is 17.1 Å². The summed E-state index contributed by atoms with van der Waals surface area (Å²) in [5, 5.41) is 8.30. The van der Waals surface area contributed by atoms with Gasteiger partial charge in [0.25, 0.3) is 0 Å². The van der Waals surface area contributed by atoms with E-state index < -0.39 is 0 Å². The fourth-order valence-corrected chi connectivity index (χ4v) is 3.36. The van der Waals surface area contributed by atoms with Gasteiger partial charge in [0.2, 0.25) is 11.8 Å². The molecule has 7 heteroatoms. The lowest BCUT2D eigenvalue weighted by molar-refractivity contribution is 0.344. The third kappa shape index (κ3) is 5.65. The number of benzene rings is 2. The molecule has 0 amide bonds. The number of rotatable bonds is 9. The lowest BCUT2D eigenvalue weighted by atomic mass is 10.1. The van der Waals surface area contributed by atoms with Crippen LogP contribution in [0.4, 0.5) is 0 Å². The van der Waals surface area contributed by atoms with Crippen LogP contribution in [-0.2, 0) is 12.2 Å². The van der Waals surface area contributed by atoms with Crippen molar-refractivity contribution < 1.29 is 9.15 Å². The Hall–Kier alpha value is -3.19. The third-order valence-electron chi connectivity index (χ3n) is 4.13. The van der Waals surface area contributed by atoms with Crippen LogP contribution in [0, 0.1) is 0 Å². The summed E-state index contributed by atoms with van der Waals surface area (Å²) in [7, 11) is 0. The van der Waals surface area contributed by atoms with E-state index in [2.05, 4.69) is 20.2 Å². The van der Waals surface area contributed by atoms with Crippen molar-refractivity contribution in [3.8, 4) is 17.2 Å². The Morgan fingerprint density at radius 2 is 1.79 bits per heavy atom. The molecule has 0 spiro atoms. The SMILES string of the molecule is c1ccc(OCCSCc2nnc(-c3ccc(Cc4cnccn4)cc3)o2)cc1. The first-order valence-electron chi connectivity index (χ1n) is 9.29. The van der Waals surface area contributed by atoms with Gasteiger partial charge in [0.15, 0.2) is 0 Å². The summed E-state index contributed by atoms with van der Waals surface area (Å²) in [5.74, 6) is 3.55. The number of thioether (sulfide) groups is 1. The maximum Gasteiger partial charge on any atom is 0.247 e. The van der Waals surface area contributed by atoms with Gasteiger partial charge in [-0.2, -0.15) is 0 Å². The monoisotopic (exact) mass is 404 g/mol. The Morgan fingerprint density at radius 1 is 0.931 bits per heavy atom. The van der Waals surface area contributed by atoms with E-state index >= 15 is 0 Å². The average Bonchev–Trinajstić information content (AvgIpc) is 3.24. The van der Waals surface area contributed by atoms with E-state index in [1.54, 1.807) is 30.4 Å². The molecule has 0 saturated heterocycles. The Balaban J connectivity index is 1.25. The third-order valence-corrected chi connectivity index (χ3v) is 5.04. The summed E-state index contributed by atoms with van der Waals surface area (Å²) >= 11 is 1.70. The highest BCUT2D eigenvalue weighted by Gasteiger charge is 2.09. The summed E-state index contributed by atoms with van der Waals surface area (Å²) in [4.78, 5) is 8.40. The van der Waals surface area contributed by atoms with Crippen molar-refractivity contribution in [1.82, 2.24) is 20.2 Å². The molecule has 6 nitrogen and oxygen atoms in total. The molecule has 0 fully saturated rings. The van der Waals surface area contributed by atoms with Crippen molar-refractivity contribution in [3.05, 3.63) is 90.3 Å². The topological polar surface area (TPSA) is 73.9 Å². The van der Waals surface area contributed by atoms with Crippen LogP contribution < -0.4 is 4.74 Å². The Labute approximate surface area is 173 Å². The zero-order valence-electron chi connectivity index (χ0n) is 15.8. The normalized spacial score (nSPS) is 10.8. The van der Waals surface area contributed by atoms with Crippen LogP contribution >= 0.6 is 11.8 Å². The first-order valence-corrected chi connectivity index (χ1v) is 10.4. The smallest absolute Gasteiger partial charge is 0.247 e. The van der Waals surface area contributed by atoms with E-state index in [1.807, 2.05) is 54.6 Å². The fraction of sp³-hybridized carbons (Fsp3) is 0.182. The van der Waals surface area contributed by atoms with Gasteiger partial charge in [-0.3, -0.25) is 9.97 Å². The predicted molar refractivity (Wildman–Crippen MR) is 113 cm³/mol. The molecule has 0 aliphatic heterocycles. The van der Waals surface area contributed by atoms with E-state index in [-0.39, 0.29) is 0 Å². The molecule has 0 radical (unpaired) electrons.